The molecule has 10 rings (SSSR count). The number of benzene rings is 7. The first-order valence-electron chi connectivity index (χ1n) is 15.6. The minimum atomic E-state index is -3.20. The zero-order valence-electron chi connectivity index (χ0n) is 24.8. The number of hydrogen-bond acceptors (Lipinski definition) is 1. The summed E-state index contributed by atoms with van der Waals surface area (Å²) in [6.45, 7) is 0. The Bertz CT molecular complexity index is 2720. The zero-order chi connectivity index (χ0) is 30.4. The molecule has 3 heterocycles. The Kier molecular flexibility index (Phi) is 5.27. The lowest BCUT2D eigenvalue weighted by atomic mass is 10.0. The molecule has 0 amide bonds. The fourth-order valence-electron chi connectivity index (χ4n) is 7.80. The predicted molar refractivity (Wildman–Crippen MR) is 194 cm³/mol. The van der Waals surface area contributed by atoms with Crippen molar-refractivity contribution in [3.05, 3.63) is 164 Å². The quantitative estimate of drug-likeness (QED) is 0.184. The standard InChI is InChI=1S/C42H27N2OP/c45-46(30-15-5-2-6-16-30)40-22-12-9-19-33(40)35-25-24-34-31-17-7-11-21-38(31)44(41(34)42(35)46)29-23-26-39-36(27-29)32-18-8-10-20-37(32)43(39)28-13-3-1-4-14-28/h1-27H. The summed E-state index contributed by atoms with van der Waals surface area (Å²) in [6.07, 6.45) is 0. The number of para-hydroxylation sites is 3. The first kappa shape index (κ1) is 25.7. The summed E-state index contributed by atoms with van der Waals surface area (Å²) in [6, 6.07) is 57.3. The highest BCUT2D eigenvalue weighted by Gasteiger charge is 2.42. The second kappa shape index (κ2) is 9.44. The van der Waals surface area contributed by atoms with E-state index in [1.165, 1.54) is 16.3 Å². The van der Waals surface area contributed by atoms with Crippen LogP contribution in [0.1, 0.15) is 0 Å². The summed E-state index contributed by atoms with van der Waals surface area (Å²) < 4.78 is 20.6. The van der Waals surface area contributed by atoms with Gasteiger partial charge in [0.1, 0.15) is 0 Å². The third-order valence-electron chi connectivity index (χ3n) is 9.71. The first-order valence-corrected chi connectivity index (χ1v) is 17.4. The normalized spacial score (nSPS) is 15.6. The lowest BCUT2D eigenvalue weighted by molar-refractivity contribution is 0.593. The number of aromatic nitrogens is 2. The van der Waals surface area contributed by atoms with E-state index in [0.29, 0.717) is 0 Å². The largest absolute Gasteiger partial charge is 0.309 e. The Hall–Kier alpha value is -5.63. The third-order valence-corrected chi connectivity index (χ3v) is 12.9. The molecule has 216 valence electrons. The van der Waals surface area contributed by atoms with Crippen LogP contribution in [0, 0.1) is 0 Å². The van der Waals surface area contributed by atoms with E-state index in [1.807, 2.05) is 36.4 Å². The Labute approximate surface area is 266 Å². The van der Waals surface area contributed by atoms with Crippen LogP contribution < -0.4 is 15.9 Å². The number of fused-ring (bicyclic) bond motifs is 10. The smallest absolute Gasteiger partial charge is 0.174 e. The van der Waals surface area contributed by atoms with E-state index < -0.39 is 7.14 Å². The van der Waals surface area contributed by atoms with Crippen molar-refractivity contribution in [1.29, 1.82) is 0 Å². The van der Waals surface area contributed by atoms with Gasteiger partial charge in [0.15, 0.2) is 7.14 Å². The molecule has 3 nitrogen and oxygen atoms in total. The molecule has 2 aromatic heterocycles. The number of nitrogens with zero attached hydrogens (tertiary/aromatic N) is 2. The second-order valence-electron chi connectivity index (χ2n) is 12.1. The second-order valence-corrected chi connectivity index (χ2v) is 14.7. The summed E-state index contributed by atoms with van der Waals surface area (Å²) >= 11 is 0. The van der Waals surface area contributed by atoms with Crippen molar-refractivity contribution in [3.8, 4) is 22.5 Å². The molecular weight excluding hydrogens is 579 g/mol. The maximum atomic E-state index is 15.9. The lowest BCUT2D eigenvalue weighted by Gasteiger charge is -2.18. The summed E-state index contributed by atoms with van der Waals surface area (Å²) in [5.74, 6) is 0. The predicted octanol–water partition coefficient (Wildman–Crippen LogP) is 9.50. The fourth-order valence-corrected chi connectivity index (χ4v) is 11.1. The monoisotopic (exact) mass is 606 g/mol. The molecule has 1 aliphatic heterocycles. The van der Waals surface area contributed by atoms with E-state index in [2.05, 4.69) is 137 Å². The maximum Gasteiger partial charge on any atom is 0.174 e. The van der Waals surface area contributed by atoms with Gasteiger partial charge >= 0.3 is 0 Å². The fraction of sp³-hybridized carbons (Fsp3) is 0. The summed E-state index contributed by atoms with van der Waals surface area (Å²) in [5, 5.41) is 7.38. The minimum absolute atomic E-state index is 0.867. The average Bonchev–Trinajstić information content (AvgIpc) is 3.73. The van der Waals surface area contributed by atoms with Crippen LogP contribution in [0.5, 0.6) is 0 Å². The van der Waals surface area contributed by atoms with Crippen molar-refractivity contribution in [2.75, 3.05) is 0 Å². The van der Waals surface area contributed by atoms with Gasteiger partial charge in [-0.25, -0.2) is 0 Å². The van der Waals surface area contributed by atoms with Crippen LogP contribution in [0.2, 0.25) is 0 Å². The molecular formula is C42H27N2OP. The molecule has 0 aliphatic carbocycles. The van der Waals surface area contributed by atoms with Gasteiger partial charge in [-0.3, -0.25) is 0 Å². The summed E-state index contributed by atoms with van der Waals surface area (Å²) in [5.41, 5.74) is 8.76. The van der Waals surface area contributed by atoms with E-state index in [1.54, 1.807) is 0 Å². The van der Waals surface area contributed by atoms with Crippen LogP contribution in [-0.2, 0) is 4.57 Å². The van der Waals surface area contributed by atoms with Crippen molar-refractivity contribution < 1.29 is 4.57 Å². The van der Waals surface area contributed by atoms with Gasteiger partial charge in [0.2, 0.25) is 0 Å². The Morgan fingerprint density at radius 2 is 1.02 bits per heavy atom. The van der Waals surface area contributed by atoms with Crippen LogP contribution in [0.3, 0.4) is 0 Å². The molecule has 1 unspecified atom stereocenters. The van der Waals surface area contributed by atoms with Gasteiger partial charge < -0.3 is 13.7 Å². The van der Waals surface area contributed by atoms with E-state index in [-0.39, 0.29) is 0 Å². The maximum absolute atomic E-state index is 15.9. The lowest BCUT2D eigenvalue weighted by Crippen LogP contribution is -2.22. The topological polar surface area (TPSA) is 26.9 Å². The van der Waals surface area contributed by atoms with Crippen LogP contribution in [0.4, 0.5) is 0 Å². The van der Waals surface area contributed by atoms with Crippen molar-refractivity contribution in [1.82, 2.24) is 9.13 Å². The van der Waals surface area contributed by atoms with Crippen LogP contribution in [-0.4, -0.2) is 9.13 Å². The van der Waals surface area contributed by atoms with Crippen molar-refractivity contribution in [2.24, 2.45) is 0 Å². The molecule has 0 saturated carbocycles. The number of rotatable bonds is 3. The van der Waals surface area contributed by atoms with E-state index >= 15 is 4.57 Å². The SMILES string of the molecule is O=P1(c2ccccc2)c2ccccc2-c2ccc3c4ccccc4n(-c4ccc5c(c4)c4ccccc4n5-c4ccccc4)c3c21. The van der Waals surface area contributed by atoms with Gasteiger partial charge in [0.05, 0.1) is 27.4 Å². The van der Waals surface area contributed by atoms with Crippen LogP contribution in [0.15, 0.2) is 164 Å². The average molecular weight is 607 g/mol. The number of hydrogen-bond donors (Lipinski definition) is 0. The van der Waals surface area contributed by atoms with Crippen molar-refractivity contribution in [2.45, 2.75) is 0 Å². The Morgan fingerprint density at radius 3 is 1.80 bits per heavy atom. The first-order chi connectivity index (χ1) is 22.7. The highest BCUT2D eigenvalue weighted by molar-refractivity contribution is 7.86. The van der Waals surface area contributed by atoms with Crippen molar-refractivity contribution in [3.63, 3.8) is 0 Å². The van der Waals surface area contributed by atoms with Gasteiger partial charge in [0.25, 0.3) is 0 Å². The molecule has 9 aromatic rings. The van der Waals surface area contributed by atoms with E-state index in [9.17, 15) is 0 Å². The van der Waals surface area contributed by atoms with Crippen molar-refractivity contribution >= 4 is 66.7 Å². The molecule has 7 aromatic carbocycles. The Morgan fingerprint density at radius 1 is 0.413 bits per heavy atom. The third kappa shape index (κ3) is 3.30. The minimum Gasteiger partial charge on any atom is -0.309 e. The highest BCUT2D eigenvalue weighted by Crippen LogP contribution is 2.55. The summed E-state index contributed by atoms with van der Waals surface area (Å²) in [7, 11) is -3.20. The van der Waals surface area contributed by atoms with Gasteiger partial charge in [-0.15, -0.1) is 0 Å². The molecule has 46 heavy (non-hydrogen) atoms. The molecule has 1 atom stereocenters. The highest BCUT2D eigenvalue weighted by atomic mass is 31.2. The van der Waals surface area contributed by atoms with Gasteiger partial charge in [-0.2, -0.15) is 0 Å². The molecule has 1 aliphatic rings. The molecule has 0 spiro atoms. The zero-order valence-corrected chi connectivity index (χ0v) is 25.7. The van der Waals surface area contributed by atoms with Gasteiger partial charge in [-0.1, -0.05) is 121 Å². The molecule has 0 saturated heterocycles. The summed E-state index contributed by atoms with van der Waals surface area (Å²) in [4.78, 5) is 0. The van der Waals surface area contributed by atoms with Crippen LogP contribution in [0.25, 0.3) is 66.1 Å². The molecule has 0 bridgehead atoms. The van der Waals surface area contributed by atoms with E-state index in [0.717, 1.165) is 65.7 Å². The van der Waals surface area contributed by atoms with Gasteiger partial charge in [0, 0.05) is 43.5 Å². The van der Waals surface area contributed by atoms with E-state index in [4.69, 9.17) is 0 Å². The molecule has 0 radical (unpaired) electrons. The molecule has 0 fully saturated rings. The molecule has 4 heteroatoms. The Balaban J connectivity index is 1.35. The van der Waals surface area contributed by atoms with Gasteiger partial charge in [-0.05, 0) is 53.6 Å². The molecule has 0 N–H and O–H groups in total. The van der Waals surface area contributed by atoms with Crippen LogP contribution >= 0.6 is 7.14 Å².